The number of carbonyl (C=O) groups excluding carboxylic acids is 1. The van der Waals surface area contributed by atoms with E-state index in [1.807, 2.05) is 0 Å². The maximum absolute atomic E-state index is 11.5. The molecule has 0 fully saturated rings. The summed E-state index contributed by atoms with van der Waals surface area (Å²) in [6.45, 7) is -0.0594. The van der Waals surface area contributed by atoms with Crippen LogP contribution in [0.15, 0.2) is 24.5 Å². The molecule has 7 nitrogen and oxygen atoms in total. The number of nitrogens with zero attached hydrogens (tertiary/aromatic N) is 2. The summed E-state index contributed by atoms with van der Waals surface area (Å²) in [7, 11) is 1.80. The second-order valence-corrected chi connectivity index (χ2v) is 3.07. The molecular formula is C9H12N3O4+. The SMILES string of the molecule is C[n+]1cccc(C(=O)NCCO[N+](=O)[O-])c1. The van der Waals surface area contributed by atoms with E-state index >= 15 is 0 Å². The number of aryl methyl sites for hydroxylation is 1. The van der Waals surface area contributed by atoms with Crippen LogP contribution in [0.3, 0.4) is 0 Å². The van der Waals surface area contributed by atoms with E-state index in [-0.39, 0.29) is 19.1 Å². The van der Waals surface area contributed by atoms with E-state index in [0.717, 1.165) is 0 Å². The van der Waals surface area contributed by atoms with Crippen molar-refractivity contribution < 1.29 is 19.3 Å². The van der Waals surface area contributed by atoms with Crippen molar-refractivity contribution in [2.24, 2.45) is 7.05 Å². The van der Waals surface area contributed by atoms with E-state index in [0.29, 0.717) is 5.56 Å². The summed E-state index contributed by atoms with van der Waals surface area (Å²) in [4.78, 5) is 25.4. The topological polar surface area (TPSA) is 85.3 Å². The van der Waals surface area contributed by atoms with Gasteiger partial charge in [0.15, 0.2) is 12.4 Å². The van der Waals surface area contributed by atoms with Gasteiger partial charge in [-0.05, 0) is 6.07 Å². The Morgan fingerprint density at radius 3 is 3.06 bits per heavy atom. The first kappa shape index (κ1) is 11.9. The van der Waals surface area contributed by atoms with Gasteiger partial charge in [0.2, 0.25) is 0 Å². The first-order valence-electron chi connectivity index (χ1n) is 4.60. The van der Waals surface area contributed by atoms with E-state index in [4.69, 9.17) is 0 Å². The van der Waals surface area contributed by atoms with Crippen molar-refractivity contribution in [1.82, 2.24) is 5.32 Å². The molecule has 1 aromatic rings. The van der Waals surface area contributed by atoms with Crippen LogP contribution in [-0.2, 0) is 11.9 Å². The Kier molecular flexibility index (Phi) is 4.19. The highest BCUT2D eigenvalue weighted by Crippen LogP contribution is 1.93. The average molecular weight is 226 g/mol. The predicted octanol–water partition coefficient (Wildman–Crippen LogP) is -0.551. The van der Waals surface area contributed by atoms with Gasteiger partial charge in [-0.1, -0.05) is 0 Å². The molecule has 0 saturated heterocycles. The van der Waals surface area contributed by atoms with Crippen molar-refractivity contribution in [2.45, 2.75) is 0 Å². The number of hydrogen-bond donors (Lipinski definition) is 1. The third-order valence-electron chi connectivity index (χ3n) is 1.79. The molecule has 1 heterocycles. The van der Waals surface area contributed by atoms with Crippen molar-refractivity contribution >= 4 is 5.91 Å². The van der Waals surface area contributed by atoms with Crippen LogP contribution in [0.2, 0.25) is 0 Å². The van der Waals surface area contributed by atoms with E-state index in [1.165, 1.54) is 0 Å². The zero-order chi connectivity index (χ0) is 12.0. The quantitative estimate of drug-likeness (QED) is 0.316. The first-order valence-corrected chi connectivity index (χ1v) is 4.60. The van der Waals surface area contributed by atoms with Crippen molar-refractivity contribution in [1.29, 1.82) is 0 Å². The smallest absolute Gasteiger partial charge is 0.294 e. The highest BCUT2D eigenvalue weighted by molar-refractivity contribution is 5.93. The molecule has 0 aliphatic carbocycles. The van der Waals surface area contributed by atoms with Crippen LogP contribution in [0.1, 0.15) is 10.4 Å². The van der Waals surface area contributed by atoms with Gasteiger partial charge in [-0.3, -0.25) is 4.79 Å². The van der Waals surface area contributed by atoms with Gasteiger partial charge in [0.25, 0.3) is 11.0 Å². The molecule has 0 radical (unpaired) electrons. The van der Waals surface area contributed by atoms with Gasteiger partial charge in [0.05, 0.1) is 0 Å². The molecule has 0 aromatic carbocycles. The fourth-order valence-corrected chi connectivity index (χ4v) is 1.11. The van der Waals surface area contributed by atoms with Crippen molar-refractivity contribution in [2.75, 3.05) is 13.2 Å². The monoisotopic (exact) mass is 226 g/mol. The van der Waals surface area contributed by atoms with Crippen molar-refractivity contribution in [3.63, 3.8) is 0 Å². The number of nitrogens with one attached hydrogen (secondary N) is 1. The molecule has 0 bridgehead atoms. The minimum atomic E-state index is -0.894. The molecule has 7 heteroatoms. The number of carbonyl (C=O) groups is 1. The van der Waals surface area contributed by atoms with E-state index in [2.05, 4.69) is 10.2 Å². The Labute approximate surface area is 91.8 Å². The van der Waals surface area contributed by atoms with E-state index in [1.54, 1.807) is 36.1 Å². The van der Waals surface area contributed by atoms with Gasteiger partial charge >= 0.3 is 0 Å². The largest absolute Gasteiger partial charge is 0.350 e. The third-order valence-corrected chi connectivity index (χ3v) is 1.79. The molecule has 0 unspecified atom stereocenters. The molecule has 1 amide bonds. The van der Waals surface area contributed by atoms with Gasteiger partial charge in [-0.2, -0.15) is 0 Å². The maximum atomic E-state index is 11.5. The Hall–Kier alpha value is -2.18. The molecule has 1 N–H and O–H groups in total. The molecule has 16 heavy (non-hydrogen) atoms. The fourth-order valence-electron chi connectivity index (χ4n) is 1.11. The molecule has 0 atom stereocenters. The van der Waals surface area contributed by atoms with Crippen LogP contribution in [0.5, 0.6) is 0 Å². The zero-order valence-electron chi connectivity index (χ0n) is 8.75. The van der Waals surface area contributed by atoms with E-state index < -0.39 is 5.09 Å². The Bertz CT molecular complexity index is 394. The molecule has 0 aliphatic rings. The minimum absolute atomic E-state index is 0.0957. The van der Waals surface area contributed by atoms with Gasteiger partial charge in [-0.15, -0.1) is 10.1 Å². The Morgan fingerprint density at radius 1 is 1.69 bits per heavy atom. The summed E-state index contributed by atoms with van der Waals surface area (Å²) in [6.07, 6.45) is 3.45. The highest BCUT2D eigenvalue weighted by atomic mass is 16.9. The van der Waals surface area contributed by atoms with Gasteiger partial charge < -0.3 is 10.2 Å². The van der Waals surface area contributed by atoms with Crippen molar-refractivity contribution in [3.05, 3.63) is 40.2 Å². The lowest BCUT2D eigenvalue weighted by Crippen LogP contribution is -2.32. The van der Waals surface area contributed by atoms with Crippen LogP contribution < -0.4 is 9.88 Å². The van der Waals surface area contributed by atoms with Crippen LogP contribution in [0, 0.1) is 10.1 Å². The molecule has 0 spiro atoms. The molecular weight excluding hydrogens is 214 g/mol. The summed E-state index contributed by atoms with van der Waals surface area (Å²) in [5.41, 5.74) is 0.492. The van der Waals surface area contributed by atoms with Gasteiger partial charge in [0.1, 0.15) is 19.2 Å². The summed E-state index contributed by atoms with van der Waals surface area (Å²) in [5, 5.41) is 11.4. The minimum Gasteiger partial charge on any atom is -0.350 e. The second kappa shape index (κ2) is 5.64. The number of rotatable bonds is 5. The number of hydrogen-bond acceptors (Lipinski definition) is 4. The molecule has 1 rings (SSSR count). The average Bonchev–Trinajstić information content (AvgIpc) is 2.24. The molecule has 0 saturated carbocycles. The Balaban J connectivity index is 2.38. The Morgan fingerprint density at radius 2 is 2.44 bits per heavy atom. The summed E-state index contributed by atoms with van der Waals surface area (Å²) in [6, 6.07) is 3.39. The van der Waals surface area contributed by atoms with Crippen LogP contribution in [0.4, 0.5) is 0 Å². The number of amides is 1. The highest BCUT2D eigenvalue weighted by Gasteiger charge is 2.08. The maximum Gasteiger partial charge on any atom is 0.294 e. The first-order chi connectivity index (χ1) is 7.59. The normalized spacial score (nSPS) is 9.56. The standard InChI is InChI=1S/C9H11N3O4/c1-11-5-2-3-8(7-11)9(13)10-4-6-16-12(14)15/h2-3,5,7H,4,6H2,1H3/p+1. The molecule has 0 aliphatic heterocycles. The van der Waals surface area contributed by atoms with Crippen LogP contribution in [0.25, 0.3) is 0 Å². The predicted molar refractivity (Wildman–Crippen MR) is 52.9 cm³/mol. The lowest BCUT2D eigenvalue weighted by atomic mass is 10.2. The lowest BCUT2D eigenvalue weighted by Gasteiger charge is -2.02. The van der Waals surface area contributed by atoms with Crippen LogP contribution in [-0.4, -0.2) is 24.1 Å². The summed E-state index contributed by atoms with van der Waals surface area (Å²) in [5.74, 6) is -0.289. The molecule has 1 aromatic heterocycles. The third kappa shape index (κ3) is 3.91. The number of pyridine rings is 1. The van der Waals surface area contributed by atoms with Gasteiger partial charge in [0, 0.05) is 12.6 Å². The fraction of sp³-hybridized carbons (Fsp3) is 0.333. The van der Waals surface area contributed by atoms with Crippen LogP contribution >= 0.6 is 0 Å². The number of aromatic nitrogens is 1. The zero-order valence-corrected chi connectivity index (χ0v) is 8.75. The summed E-state index contributed by atoms with van der Waals surface area (Å²) < 4.78 is 1.74. The lowest BCUT2D eigenvalue weighted by molar-refractivity contribution is -0.757. The van der Waals surface area contributed by atoms with Crippen molar-refractivity contribution in [3.8, 4) is 0 Å². The van der Waals surface area contributed by atoms with Gasteiger partial charge in [-0.25, -0.2) is 4.57 Å². The van der Waals surface area contributed by atoms with E-state index in [9.17, 15) is 14.9 Å². The molecule has 86 valence electrons. The summed E-state index contributed by atoms with van der Waals surface area (Å²) >= 11 is 0. The second-order valence-electron chi connectivity index (χ2n) is 3.07.